The largest absolute Gasteiger partial charge is 0.0729 e. The molecule has 1 unspecified atom stereocenters. The molecule has 3 aliphatic rings. The number of benzene rings is 3. The second-order valence-corrected chi connectivity index (χ2v) is 12.9. The third kappa shape index (κ3) is 4.52. The first-order valence-corrected chi connectivity index (χ1v) is 13.6. The average molecular weight is 562 g/mol. The van der Waals surface area contributed by atoms with Crippen LogP contribution in [0.15, 0.2) is 85.0 Å². The molecule has 37 heavy (non-hydrogen) atoms. The van der Waals surface area contributed by atoms with E-state index in [9.17, 15) is 0 Å². The normalized spacial score (nSPS) is 17.8. The molecule has 3 aliphatic carbocycles. The first kappa shape index (κ1) is 26.4. The fourth-order valence-corrected chi connectivity index (χ4v) is 6.48. The van der Waals surface area contributed by atoms with Crippen LogP contribution < -0.4 is 10.4 Å². The summed E-state index contributed by atoms with van der Waals surface area (Å²) in [5.41, 5.74) is 12.2. The number of allylic oxidation sites excluding steroid dienone is 4. The Morgan fingerprint density at radius 3 is 1.81 bits per heavy atom. The molecular formula is C36H38Zr. The van der Waals surface area contributed by atoms with E-state index in [4.69, 9.17) is 0 Å². The van der Waals surface area contributed by atoms with Gasteiger partial charge in [0, 0.05) is 38.0 Å². The van der Waals surface area contributed by atoms with Gasteiger partial charge in [0.25, 0.3) is 0 Å². The maximum Gasteiger partial charge on any atom is 0.0246 e. The molecule has 0 nitrogen and oxygen atoms in total. The van der Waals surface area contributed by atoms with E-state index in [0.29, 0.717) is 11.8 Å². The van der Waals surface area contributed by atoms with Crippen molar-refractivity contribution in [2.45, 2.75) is 71.1 Å². The predicted octanol–water partition coefficient (Wildman–Crippen LogP) is 7.93. The molecule has 0 bridgehead atoms. The summed E-state index contributed by atoms with van der Waals surface area (Å²) in [7, 11) is 0. The number of hydrogen-bond donors (Lipinski definition) is 0. The van der Waals surface area contributed by atoms with Gasteiger partial charge >= 0.3 is 0 Å². The van der Waals surface area contributed by atoms with Crippen LogP contribution in [-0.4, -0.2) is 0 Å². The Labute approximate surface area is 242 Å². The minimum Gasteiger partial charge on any atom is -0.0729 e. The summed E-state index contributed by atoms with van der Waals surface area (Å²) >= 11 is 0. The van der Waals surface area contributed by atoms with E-state index in [1.165, 1.54) is 49.4 Å². The van der Waals surface area contributed by atoms with E-state index >= 15 is 0 Å². The molecule has 0 N–H and O–H groups in total. The summed E-state index contributed by atoms with van der Waals surface area (Å²) in [5.74, 6) is 0.862. The SMILES string of the molecule is CC(C)(C)c1ccc2c(c1)C(CCC1=c3ccccc3=C3C=CC=CC31)c1cc(C(C)(C)C)ccc1-2.[Zr]. The van der Waals surface area contributed by atoms with Crippen molar-refractivity contribution in [2.24, 2.45) is 5.92 Å². The van der Waals surface area contributed by atoms with Crippen LogP contribution in [0.1, 0.15) is 82.6 Å². The molecular weight excluding hydrogens is 524 g/mol. The van der Waals surface area contributed by atoms with Gasteiger partial charge in [0.05, 0.1) is 0 Å². The summed E-state index contributed by atoms with van der Waals surface area (Å²) in [5, 5.41) is 2.88. The smallest absolute Gasteiger partial charge is 0.0246 e. The van der Waals surface area contributed by atoms with Crippen LogP contribution >= 0.6 is 0 Å². The molecule has 6 rings (SSSR count). The van der Waals surface area contributed by atoms with Crippen LogP contribution in [-0.2, 0) is 37.0 Å². The molecule has 1 heteroatoms. The molecule has 0 aliphatic heterocycles. The van der Waals surface area contributed by atoms with Crippen LogP contribution in [0.25, 0.3) is 22.3 Å². The second-order valence-electron chi connectivity index (χ2n) is 12.9. The van der Waals surface area contributed by atoms with Gasteiger partial charge < -0.3 is 0 Å². The van der Waals surface area contributed by atoms with Gasteiger partial charge in [-0.2, -0.15) is 0 Å². The number of rotatable bonds is 3. The molecule has 0 radical (unpaired) electrons. The predicted molar refractivity (Wildman–Crippen MR) is 155 cm³/mol. The monoisotopic (exact) mass is 560 g/mol. The van der Waals surface area contributed by atoms with Gasteiger partial charge in [-0.15, -0.1) is 0 Å². The van der Waals surface area contributed by atoms with Crippen LogP contribution in [0.2, 0.25) is 0 Å². The van der Waals surface area contributed by atoms with Gasteiger partial charge in [-0.1, -0.05) is 132 Å². The van der Waals surface area contributed by atoms with Gasteiger partial charge in [0.15, 0.2) is 0 Å². The Kier molecular flexibility index (Phi) is 6.77. The molecule has 186 valence electrons. The maximum absolute atomic E-state index is 2.52. The van der Waals surface area contributed by atoms with Gasteiger partial charge in [0.1, 0.15) is 0 Å². The summed E-state index contributed by atoms with van der Waals surface area (Å²) in [6.45, 7) is 14.0. The van der Waals surface area contributed by atoms with Gasteiger partial charge in [-0.25, -0.2) is 0 Å². The molecule has 3 aromatic rings. The van der Waals surface area contributed by atoms with E-state index < -0.39 is 0 Å². The minimum absolute atomic E-state index is 0. The zero-order valence-electron chi connectivity index (χ0n) is 23.2. The van der Waals surface area contributed by atoms with Crippen molar-refractivity contribution in [3.05, 3.63) is 118 Å². The quantitative estimate of drug-likeness (QED) is 0.305. The standard InChI is InChI=1S/C36H38.Zr/c1-35(2,3)23-15-17-30-31-18-16-24(36(4,5)6)22-34(31)32(33(30)21-23)20-19-29-27-13-9-7-11-25(27)26-12-8-10-14-28(26)29;/h7-18,21-22,27,32H,19-20H2,1-6H3;. The van der Waals surface area contributed by atoms with Crippen molar-refractivity contribution < 1.29 is 26.2 Å². The number of fused-ring (bicyclic) bond motifs is 5. The van der Waals surface area contributed by atoms with Crippen molar-refractivity contribution >= 4 is 11.1 Å². The van der Waals surface area contributed by atoms with Crippen molar-refractivity contribution in [2.75, 3.05) is 0 Å². The fourth-order valence-electron chi connectivity index (χ4n) is 6.48. The summed E-state index contributed by atoms with van der Waals surface area (Å²) < 4.78 is 0. The molecule has 0 saturated heterocycles. The summed E-state index contributed by atoms with van der Waals surface area (Å²) in [4.78, 5) is 0. The van der Waals surface area contributed by atoms with Crippen molar-refractivity contribution in [3.63, 3.8) is 0 Å². The van der Waals surface area contributed by atoms with E-state index in [2.05, 4.69) is 127 Å². The third-order valence-electron chi connectivity index (χ3n) is 8.56. The van der Waals surface area contributed by atoms with E-state index in [0.717, 1.165) is 12.8 Å². The molecule has 0 aromatic heterocycles. The molecule has 1 atom stereocenters. The van der Waals surface area contributed by atoms with Crippen molar-refractivity contribution in [1.29, 1.82) is 0 Å². The molecule has 0 spiro atoms. The Morgan fingerprint density at radius 2 is 1.24 bits per heavy atom. The zero-order valence-corrected chi connectivity index (χ0v) is 25.6. The maximum atomic E-state index is 2.52. The molecule has 0 fully saturated rings. The Bertz CT molecular complexity index is 1490. The van der Waals surface area contributed by atoms with E-state index in [1.807, 2.05) is 0 Å². The second kappa shape index (κ2) is 9.50. The van der Waals surface area contributed by atoms with E-state index in [1.54, 1.807) is 5.57 Å². The molecule has 3 aromatic carbocycles. The van der Waals surface area contributed by atoms with Crippen molar-refractivity contribution in [3.8, 4) is 11.1 Å². The Hall–Kier alpha value is -2.24. The van der Waals surface area contributed by atoms with Crippen LogP contribution in [0.5, 0.6) is 0 Å². The summed E-state index contributed by atoms with van der Waals surface area (Å²) in [6, 6.07) is 23.6. The Morgan fingerprint density at radius 1 is 0.676 bits per heavy atom. The van der Waals surface area contributed by atoms with Crippen LogP contribution in [0.4, 0.5) is 0 Å². The first-order valence-electron chi connectivity index (χ1n) is 13.6. The first-order chi connectivity index (χ1) is 17.1. The average Bonchev–Trinajstić information content (AvgIpc) is 3.33. The van der Waals surface area contributed by atoms with Crippen LogP contribution in [0, 0.1) is 5.92 Å². The van der Waals surface area contributed by atoms with Gasteiger partial charge in [-0.05, 0) is 73.1 Å². The Balaban J connectivity index is 0.00000280. The van der Waals surface area contributed by atoms with E-state index in [-0.39, 0.29) is 37.0 Å². The zero-order chi connectivity index (χ0) is 25.2. The third-order valence-corrected chi connectivity index (χ3v) is 8.56. The van der Waals surface area contributed by atoms with Crippen molar-refractivity contribution in [1.82, 2.24) is 0 Å². The molecule has 0 heterocycles. The molecule has 0 amide bonds. The van der Waals surface area contributed by atoms with Crippen LogP contribution in [0.3, 0.4) is 0 Å². The van der Waals surface area contributed by atoms with Gasteiger partial charge in [-0.3, -0.25) is 0 Å². The van der Waals surface area contributed by atoms with Gasteiger partial charge in [0.2, 0.25) is 0 Å². The summed E-state index contributed by atoms with van der Waals surface area (Å²) in [6.07, 6.45) is 11.4. The number of hydrogen-bond acceptors (Lipinski definition) is 0. The molecule has 0 saturated carbocycles. The minimum atomic E-state index is 0. The fraction of sp³-hybridized carbons (Fsp3) is 0.333. The topological polar surface area (TPSA) is 0 Å².